The lowest BCUT2D eigenvalue weighted by molar-refractivity contribution is 0.0911. The molecule has 0 unspecified atom stereocenters. The van der Waals surface area contributed by atoms with E-state index in [1.165, 1.54) is 45.2 Å². The van der Waals surface area contributed by atoms with Crippen molar-refractivity contribution < 1.29 is 0 Å². The van der Waals surface area contributed by atoms with Crippen LogP contribution in [0, 0.1) is 0 Å². The summed E-state index contributed by atoms with van der Waals surface area (Å²) in [5.41, 5.74) is 5.92. The number of guanidine groups is 1. The van der Waals surface area contributed by atoms with Crippen LogP contribution in [-0.2, 0) is 0 Å². The summed E-state index contributed by atoms with van der Waals surface area (Å²) in [6, 6.07) is 1.20. The molecule has 1 aliphatic carbocycles. The van der Waals surface area contributed by atoms with Gasteiger partial charge in [0.2, 0.25) is 0 Å². The number of nitrogens with two attached hydrogens (primary N) is 1. The first-order chi connectivity index (χ1) is 8.44. The number of nitrogens with zero attached hydrogens (tertiary/aromatic N) is 2. The molecule has 104 valence electrons. The van der Waals surface area contributed by atoms with Gasteiger partial charge in [0.1, 0.15) is 0 Å². The molecule has 2 aliphatic rings. The van der Waals surface area contributed by atoms with Gasteiger partial charge < -0.3 is 16.0 Å². The highest BCUT2D eigenvalue weighted by atomic mass is 15.2. The second-order valence-electron chi connectivity index (χ2n) is 6.77. The molecule has 0 atom stereocenters. The first-order valence-electron chi connectivity index (χ1n) is 7.29. The Morgan fingerprint density at radius 3 is 2.33 bits per heavy atom. The SMILES string of the molecule is CC(C)(C)NC(N)=NC1CC(N2CCCCC2)C1. The van der Waals surface area contributed by atoms with Gasteiger partial charge in [0.15, 0.2) is 5.96 Å². The van der Waals surface area contributed by atoms with Gasteiger partial charge in [0, 0.05) is 11.6 Å². The molecular formula is C14H28N4. The number of aliphatic imine (C=N–C) groups is 1. The fourth-order valence-corrected chi connectivity index (χ4v) is 2.86. The minimum Gasteiger partial charge on any atom is -0.370 e. The molecule has 1 saturated heterocycles. The van der Waals surface area contributed by atoms with Crippen molar-refractivity contribution in [2.75, 3.05) is 13.1 Å². The lowest BCUT2D eigenvalue weighted by atomic mass is 9.85. The van der Waals surface area contributed by atoms with Crippen LogP contribution in [0.3, 0.4) is 0 Å². The summed E-state index contributed by atoms with van der Waals surface area (Å²) in [5.74, 6) is 0.601. The van der Waals surface area contributed by atoms with E-state index < -0.39 is 0 Å². The lowest BCUT2D eigenvalue weighted by Crippen LogP contribution is -2.50. The summed E-state index contributed by atoms with van der Waals surface area (Å²) < 4.78 is 0. The Kier molecular flexibility index (Phi) is 4.15. The van der Waals surface area contributed by atoms with Crippen molar-refractivity contribution in [2.45, 2.75) is 70.5 Å². The van der Waals surface area contributed by atoms with Gasteiger partial charge in [-0.05, 0) is 59.5 Å². The highest BCUT2D eigenvalue weighted by Crippen LogP contribution is 2.30. The Hall–Kier alpha value is -0.770. The number of hydrogen-bond donors (Lipinski definition) is 2. The Bertz CT molecular complexity index is 293. The summed E-state index contributed by atoms with van der Waals surface area (Å²) in [6.45, 7) is 8.89. The standard InChI is InChI=1S/C14H28N4/c1-14(2,3)17-13(15)16-11-9-12(10-11)18-7-5-4-6-8-18/h11-12H,4-10H2,1-3H3,(H3,15,16,17). The maximum absolute atomic E-state index is 5.92. The summed E-state index contributed by atoms with van der Waals surface area (Å²) in [5, 5.41) is 3.23. The number of hydrogen-bond acceptors (Lipinski definition) is 2. The van der Waals surface area contributed by atoms with Crippen molar-refractivity contribution in [2.24, 2.45) is 10.7 Å². The molecule has 18 heavy (non-hydrogen) atoms. The summed E-state index contributed by atoms with van der Waals surface area (Å²) in [7, 11) is 0. The van der Waals surface area contributed by atoms with Crippen LogP contribution in [0.5, 0.6) is 0 Å². The van der Waals surface area contributed by atoms with Gasteiger partial charge in [0.25, 0.3) is 0 Å². The van der Waals surface area contributed by atoms with Crippen LogP contribution in [0.4, 0.5) is 0 Å². The molecule has 0 aromatic carbocycles. The minimum atomic E-state index is 0.00357. The molecule has 2 rings (SSSR count). The zero-order valence-electron chi connectivity index (χ0n) is 12.1. The van der Waals surface area contributed by atoms with E-state index in [1.54, 1.807) is 0 Å². The maximum Gasteiger partial charge on any atom is 0.189 e. The predicted molar refractivity (Wildman–Crippen MR) is 76.7 cm³/mol. The normalized spacial score (nSPS) is 30.9. The Balaban J connectivity index is 1.73. The molecule has 4 nitrogen and oxygen atoms in total. The van der Waals surface area contributed by atoms with Gasteiger partial charge in [-0.1, -0.05) is 6.42 Å². The molecule has 0 bridgehead atoms. The molecule has 1 saturated carbocycles. The van der Waals surface area contributed by atoms with Crippen LogP contribution >= 0.6 is 0 Å². The van der Waals surface area contributed by atoms with Crippen molar-refractivity contribution in [1.82, 2.24) is 10.2 Å². The van der Waals surface area contributed by atoms with Crippen LogP contribution < -0.4 is 11.1 Å². The topological polar surface area (TPSA) is 53.6 Å². The van der Waals surface area contributed by atoms with E-state index in [0.717, 1.165) is 6.04 Å². The smallest absolute Gasteiger partial charge is 0.189 e. The number of likely N-dealkylation sites (tertiary alicyclic amines) is 1. The fraction of sp³-hybridized carbons (Fsp3) is 0.929. The zero-order chi connectivity index (χ0) is 13.2. The maximum atomic E-state index is 5.92. The molecule has 1 aliphatic heterocycles. The Morgan fingerprint density at radius 2 is 1.78 bits per heavy atom. The lowest BCUT2D eigenvalue weighted by Gasteiger charge is -2.43. The van der Waals surface area contributed by atoms with Crippen LogP contribution in [0.1, 0.15) is 52.9 Å². The molecule has 4 heteroatoms. The average molecular weight is 252 g/mol. The van der Waals surface area contributed by atoms with Crippen molar-refractivity contribution >= 4 is 5.96 Å². The van der Waals surface area contributed by atoms with E-state index in [-0.39, 0.29) is 5.54 Å². The third-order valence-corrected chi connectivity index (χ3v) is 3.82. The van der Waals surface area contributed by atoms with E-state index in [4.69, 9.17) is 5.73 Å². The van der Waals surface area contributed by atoms with Gasteiger partial charge in [-0.3, -0.25) is 4.99 Å². The monoisotopic (exact) mass is 252 g/mol. The molecule has 3 N–H and O–H groups in total. The molecule has 0 spiro atoms. The van der Waals surface area contributed by atoms with Gasteiger partial charge in [-0.2, -0.15) is 0 Å². The highest BCUT2D eigenvalue weighted by molar-refractivity contribution is 5.78. The first-order valence-corrected chi connectivity index (χ1v) is 7.29. The molecule has 0 radical (unpaired) electrons. The largest absolute Gasteiger partial charge is 0.370 e. The number of nitrogens with one attached hydrogen (secondary N) is 1. The second-order valence-corrected chi connectivity index (χ2v) is 6.77. The summed E-state index contributed by atoms with van der Waals surface area (Å²) in [4.78, 5) is 7.21. The second kappa shape index (κ2) is 5.47. The van der Waals surface area contributed by atoms with E-state index in [9.17, 15) is 0 Å². The first kappa shape index (κ1) is 13.7. The average Bonchev–Trinajstić information content (AvgIpc) is 2.21. The van der Waals surface area contributed by atoms with Gasteiger partial charge in [-0.25, -0.2) is 0 Å². The molecular weight excluding hydrogens is 224 g/mol. The van der Waals surface area contributed by atoms with Crippen LogP contribution in [-0.4, -0.2) is 41.6 Å². The molecule has 0 aromatic heterocycles. The fourth-order valence-electron chi connectivity index (χ4n) is 2.86. The quantitative estimate of drug-likeness (QED) is 0.581. The van der Waals surface area contributed by atoms with Gasteiger partial charge in [-0.15, -0.1) is 0 Å². The Labute approximate surface area is 111 Å². The van der Waals surface area contributed by atoms with Crippen molar-refractivity contribution in [3.8, 4) is 0 Å². The third kappa shape index (κ3) is 3.87. The minimum absolute atomic E-state index is 0.00357. The molecule has 2 fully saturated rings. The van der Waals surface area contributed by atoms with Crippen molar-refractivity contribution in [3.63, 3.8) is 0 Å². The van der Waals surface area contributed by atoms with Crippen LogP contribution in [0.25, 0.3) is 0 Å². The highest BCUT2D eigenvalue weighted by Gasteiger charge is 2.34. The summed E-state index contributed by atoms with van der Waals surface area (Å²) in [6.07, 6.45) is 6.53. The van der Waals surface area contributed by atoms with E-state index in [1.807, 2.05) is 0 Å². The predicted octanol–water partition coefficient (Wildman–Crippen LogP) is 1.71. The van der Waals surface area contributed by atoms with E-state index in [0.29, 0.717) is 12.0 Å². The van der Waals surface area contributed by atoms with Crippen molar-refractivity contribution in [1.29, 1.82) is 0 Å². The number of rotatable bonds is 2. The van der Waals surface area contributed by atoms with Crippen LogP contribution in [0.15, 0.2) is 4.99 Å². The summed E-state index contributed by atoms with van der Waals surface area (Å²) >= 11 is 0. The number of piperidine rings is 1. The molecule has 1 heterocycles. The van der Waals surface area contributed by atoms with Gasteiger partial charge in [0.05, 0.1) is 6.04 Å². The van der Waals surface area contributed by atoms with E-state index in [2.05, 4.69) is 36.0 Å². The third-order valence-electron chi connectivity index (χ3n) is 3.82. The van der Waals surface area contributed by atoms with E-state index >= 15 is 0 Å². The van der Waals surface area contributed by atoms with Crippen molar-refractivity contribution in [3.05, 3.63) is 0 Å². The van der Waals surface area contributed by atoms with Gasteiger partial charge >= 0.3 is 0 Å². The molecule has 0 aromatic rings. The molecule has 0 amide bonds. The zero-order valence-corrected chi connectivity index (χ0v) is 12.1. The Morgan fingerprint density at radius 1 is 1.17 bits per heavy atom. The van der Waals surface area contributed by atoms with Crippen LogP contribution in [0.2, 0.25) is 0 Å².